The van der Waals surface area contributed by atoms with E-state index in [2.05, 4.69) is 10.3 Å². The summed E-state index contributed by atoms with van der Waals surface area (Å²) in [4.78, 5) is 69.8. The number of rotatable bonds is 14. The Labute approximate surface area is 262 Å². The predicted octanol–water partition coefficient (Wildman–Crippen LogP) is 4.85. The van der Waals surface area contributed by atoms with Crippen LogP contribution < -0.4 is 10.1 Å². The lowest BCUT2D eigenvalue weighted by Crippen LogP contribution is -2.56. The van der Waals surface area contributed by atoms with Gasteiger partial charge in [0.1, 0.15) is 34.8 Å². The second-order valence-corrected chi connectivity index (χ2v) is 12.5. The van der Waals surface area contributed by atoms with Gasteiger partial charge in [0.05, 0.1) is 12.6 Å². The summed E-state index contributed by atoms with van der Waals surface area (Å²) in [6, 6.07) is 4.94. The van der Waals surface area contributed by atoms with Gasteiger partial charge >= 0.3 is 6.09 Å². The molecule has 1 aliphatic heterocycles. The molecule has 12 heteroatoms. The molecule has 0 radical (unpaired) electrons. The number of nitrogens with zero attached hydrogens (tertiary/aromatic N) is 3. The van der Waals surface area contributed by atoms with Crippen LogP contribution in [0.2, 0.25) is 0 Å². The van der Waals surface area contributed by atoms with Crippen LogP contribution in [-0.2, 0) is 14.4 Å². The summed E-state index contributed by atoms with van der Waals surface area (Å²) < 4.78 is 5.75. The lowest BCUT2D eigenvalue weighted by atomic mass is 9.83. The summed E-state index contributed by atoms with van der Waals surface area (Å²) in [5, 5.41) is 14.6. The van der Waals surface area contributed by atoms with Crippen LogP contribution in [0.1, 0.15) is 98.2 Å². The van der Waals surface area contributed by atoms with E-state index in [1.807, 2.05) is 0 Å². The Bertz CT molecular complexity index is 1330. The van der Waals surface area contributed by atoms with Crippen LogP contribution in [-0.4, -0.2) is 82.2 Å². The highest BCUT2D eigenvalue weighted by Gasteiger charge is 2.40. The van der Waals surface area contributed by atoms with Gasteiger partial charge in [-0.25, -0.2) is 9.78 Å². The first kappa shape index (κ1) is 33.1. The maximum Gasteiger partial charge on any atom is 0.407 e. The number of hydrogen-bond donors (Lipinski definition) is 2. The molecule has 2 unspecified atom stereocenters. The zero-order chi connectivity index (χ0) is 31.6. The van der Waals surface area contributed by atoms with E-state index in [1.165, 1.54) is 25.3 Å². The lowest BCUT2D eigenvalue weighted by Gasteiger charge is -2.35. The van der Waals surface area contributed by atoms with Gasteiger partial charge in [-0.1, -0.05) is 31.4 Å². The van der Waals surface area contributed by atoms with Crippen molar-refractivity contribution in [3.8, 4) is 5.75 Å². The standard InChI is InChI=1S/C32H42N4O7S/c1-21(35(2)32(41)42)29(39)34-27(22-11-5-3-6-12-22)31(40)36-16-10-15-26(36)30-33-25(20-44-30)28(38)23-13-9-14-24(19-23)43-18-8-4-7-17-37/h9,13-14,17,19-22,26-27H,3-8,10-12,15-16,18H2,1-2H3,(H,34,39)(H,41,42)/t21?,26-,27?/m0/s1. The van der Waals surface area contributed by atoms with Crippen LogP contribution in [0.5, 0.6) is 5.75 Å². The zero-order valence-electron chi connectivity index (χ0n) is 25.4. The van der Waals surface area contributed by atoms with Gasteiger partial charge in [0.15, 0.2) is 0 Å². The van der Waals surface area contributed by atoms with E-state index in [0.717, 1.165) is 62.6 Å². The van der Waals surface area contributed by atoms with Crippen LogP contribution in [0.25, 0.3) is 0 Å². The molecule has 2 heterocycles. The number of ether oxygens (including phenoxy) is 1. The summed E-state index contributed by atoms with van der Waals surface area (Å²) in [7, 11) is 1.34. The maximum atomic E-state index is 14.1. The van der Waals surface area contributed by atoms with Gasteiger partial charge < -0.3 is 24.9 Å². The average Bonchev–Trinajstić information content (AvgIpc) is 3.73. The molecule has 2 aromatic rings. The minimum Gasteiger partial charge on any atom is -0.494 e. The normalized spacial score (nSPS) is 18.3. The third-order valence-corrected chi connectivity index (χ3v) is 9.55. The Morgan fingerprint density at radius 1 is 1.16 bits per heavy atom. The molecule has 1 saturated heterocycles. The largest absolute Gasteiger partial charge is 0.494 e. The van der Waals surface area contributed by atoms with E-state index < -0.39 is 24.1 Å². The Hall–Kier alpha value is -3.80. The third kappa shape index (κ3) is 8.22. The second kappa shape index (κ2) is 15.8. The van der Waals surface area contributed by atoms with E-state index in [0.29, 0.717) is 48.0 Å². The fraction of sp³-hybridized carbons (Fsp3) is 0.562. The van der Waals surface area contributed by atoms with Crippen molar-refractivity contribution in [1.82, 2.24) is 20.1 Å². The first-order chi connectivity index (χ1) is 21.2. The number of hydrogen-bond acceptors (Lipinski definition) is 8. The number of likely N-dealkylation sites (tertiary alicyclic amines) is 1. The van der Waals surface area contributed by atoms with Crippen molar-refractivity contribution >= 4 is 41.3 Å². The molecule has 2 fully saturated rings. The number of carboxylic acid groups (broad SMARTS) is 1. The summed E-state index contributed by atoms with van der Waals surface area (Å²) in [5.74, 6) is -0.372. The molecule has 3 amide bonds. The zero-order valence-corrected chi connectivity index (χ0v) is 26.2. The molecule has 0 bridgehead atoms. The quantitative estimate of drug-likeness (QED) is 0.172. The van der Waals surface area contributed by atoms with Gasteiger partial charge in [0, 0.05) is 31.0 Å². The number of likely N-dealkylation sites (N-methyl/N-ethyl adjacent to an activating group) is 1. The number of nitrogens with one attached hydrogen (secondary N) is 1. The van der Waals surface area contributed by atoms with Crippen LogP contribution in [0, 0.1) is 5.92 Å². The Balaban J connectivity index is 1.47. The highest BCUT2D eigenvalue weighted by atomic mass is 32.1. The second-order valence-electron chi connectivity index (χ2n) is 11.6. The molecule has 1 aromatic carbocycles. The number of aldehydes is 1. The molecule has 0 spiro atoms. The van der Waals surface area contributed by atoms with Gasteiger partial charge in [-0.15, -0.1) is 11.3 Å². The summed E-state index contributed by atoms with van der Waals surface area (Å²) in [5.41, 5.74) is 0.752. The molecule has 3 atom stereocenters. The minimum atomic E-state index is -1.22. The number of ketones is 1. The first-order valence-electron chi connectivity index (χ1n) is 15.4. The average molecular weight is 627 g/mol. The SMILES string of the molecule is CC(C(=O)NC(C(=O)N1CCC[C@H]1c1nc(C(=O)c2cccc(OCCCCC=O)c2)cs1)C1CCCCC1)N(C)C(=O)O. The lowest BCUT2D eigenvalue weighted by molar-refractivity contribution is -0.140. The van der Waals surface area contributed by atoms with Gasteiger partial charge in [0.2, 0.25) is 17.6 Å². The van der Waals surface area contributed by atoms with E-state index >= 15 is 0 Å². The summed E-state index contributed by atoms with van der Waals surface area (Å²) >= 11 is 1.35. The highest BCUT2D eigenvalue weighted by Crippen LogP contribution is 2.36. The summed E-state index contributed by atoms with van der Waals surface area (Å²) in [6.45, 7) is 2.48. The Morgan fingerprint density at radius 2 is 1.93 bits per heavy atom. The molecule has 2 aliphatic rings. The van der Waals surface area contributed by atoms with Gasteiger partial charge in [-0.05, 0) is 63.5 Å². The number of carbonyl (C=O) groups excluding carboxylic acids is 4. The van der Waals surface area contributed by atoms with Gasteiger partial charge in [-0.2, -0.15) is 0 Å². The Kier molecular flexibility index (Phi) is 11.9. The number of unbranched alkanes of at least 4 members (excludes halogenated alkanes) is 2. The molecule has 44 heavy (non-hydrogen) atoms. The highest BCUT2D eigenvalue weighted by molar-refractivity contribution is 7.10. The smallest absolute Gasteiger partial charge is 0.407 e. The van der Waals surface area contributed by atoms with Crippen LogP contribution >= 0.6 is 11.3 Å². The monoisotopic (exact) mass is 626 g/mol. The fourth-order valence-electron chi connectivity index (χ4n) is 5.87. The topological polar surface area (TPSA) is 146 Å². The molecule has 2 N–H and O–H groups in total. The van der Waals surface area contributed by atoms with Crippen molar-refractivity contribution in [2.24, 2.45) is 5.92 Å². The number of thiazole rings is 1. The van der Waals surface area contributed by atoms with Crippen LogP contribution in [0.15, 0.2) is 29.6 Å². The number of aromatic nitrogens is 1. The van der Waals surface area contributed by atoms with Crippen molar-refractivity contribution in [3.05, 3.63) is 45.9 Å². The van der Waals surface area contributed by atoms with Crippen molar-refractivity contribution in [2.75, 3.05) is 20.2 Å². The number of benzene rings is 1. The van der Waals surface area contributed by atoms with Crippen molar-refractivity contribution in [1.29, 1.82) is 0 Å². The van der Waals surface area contributed by atoms with E-state index in [9.17, 15) is 29.1 Å². The van der Waals surface area contributed by atoms with E-state index in [1.54, 1.807) is 34.5 Å². The summed E-state index contributed by atoms with van der Waals surface area (Å²) in [6.07, 6.45) is 7.80. The Morgan fingerprint density at radius 3 is 2.66 bits per heavy atom. The van der Waals surface area contributed by atoms with Crippen LogP contribution in [0.3, 0.4) is 0 Å². The molecule has 4 rings (SSSR count). The number of amides is 3. The molecule has 1 aliphatic carbocycles. The predicted molar refractivity (Wildman–Crippen MR) is 165 cm³/mol. The molecule has 11 nitrogen and oxygen atoms in total. The van der Waals surface area contributed by atoms with Crippen LogP contribution in [0.4, 0.5) is 4.79 Å². The molecule has 1 aromatic heterocycles. The fourth-order valence-corrected chi connectivity index (χ4v) is 6.82. The molecular formula is C32H42N4O7S. The first-order valence-corrected chi connectivity index (χ1v) is 16.3. The van der Waals surface area contributed by atoms with E-state index in [4.69, 9.17) is 4.74 Å². The van der Waals surface area contributed by atoms with Gasteiger partial charge in [-0.3, -0.25) is 19.3 Å². The van der Waals surface area contributed by atoms with Crippen molar-refractivity contribution < 1.29 is 33.8 Å². The minimum absolute atomic E-state index is 0.0308. The van der Waals surface area contributed by atoms with Crippen molar-refractivity contribution in [3.63, 3.8) is 0 Å². The number of carbonyl (C=O) groups is 5. The molecule has 238 valence electrons. The van der Waals surface area contributed by atoms with E-state index in [-0.39, 0.29) is 23.7 Å². The van der Waals surface area contributed by atoms with Gasteiger partial charge in [0.25, 0.3) is 0 Å². The molecule has 1 saturated carbocycles. The maximum absolute atomic E-state index is 14.1. The third-order valence-electron chi connectivity index (χ3n) is 8.60. The van der Waals surface area contributed by atoms with Crippen molar-refractivity contribution in [2.45, 2.75) is 89.3 Å². The molecular weight excluding hydrogens is 584 g/mol.